The van der Waals surface area contributed by atoms with Gasteiger partial charge in [-0.3, -0.25) is 5.10 Å². The molecule has 3 aromatic rings. The van der Waals surface area contributed by atoms with Crippen LogP contribution in [-0.2, 0) is 10.9 Å². The number of carbonyl (C=O) groups is 1. The Bertz CT molecular complexity index is 1240. The van der Waals surface area contributed by atoms with Gasteiger partial charge in [-0.2, -0.15) is 23.4 Å². The number of alkyl halides is 4. The van der Waals surface area contributed by atoms with Crippen molar-refractivity contribution >= 4 is 23.2 Å². The van der Waals surface area contributed by atoms with Crippen molar-refractivity contribution in [1.82, 2.24) is 30.1 Å². The highest BCUT2D eigenvalue weighted by atomic mass is 19.4. The second kappa shape index (κ2) is 7.31. The SMILES string of the molecule is O=C(NC12CC(C1)C2)O[C@H]1C[C@@H](c2cc(Nc3nccn4nc(C(F)(F)F)cc34)n[nH]2)C[C@H]1F. The van der Waals surface area contributed by atoms with Gasteiger partial charge in [0.25, 0.3) is 0 Å². The van der Waals surface area contributed by atoms with Crippen LogP contribution in [0.2, 0.25) is 0 Å². The largest absolute Gasteiger partial charge is 0.443 e. The highest BCUT2D eigenvalue weighted by Crippen LogP contribution is 2.57. The maximum atomic E-state index is 14.6. The quantitative estimate of drug-likeness (QED) is 0.476. The minimum absolute atomic E-state index is 0.132. The summed E-state index contributed by atoms with van der Waals surface area (Å²) < 4.78 is 60.0. The van der Waals surface area contributed by atoms with Crippen molar-refractivity contribution in [3.05, 3.63) is 35.9 Å². The van der Waals surface area contributed by atoms with Crippen molar-refractivity contribution in [1.29, 1.82) is 0 Å². The molecule has 3 N–H and O–H groups in total. The first-order valence-corrected chi connectivity index (χ1v) is 11.0. The molecule has 3 aromatic heterocycles. The third kappa shape index (κ3) is 3.62. The summed E-state index contributed by atoms with van der Waals surface area (Å²) in [4.78, 5) is 16.3. The number of hydrogen-bond donors (Lipinski definition) is 3. The molecule has 7 rings (SSSR count). The van der Waals surface area contributed by atoms with Crippen LogP contribution < -0.4 is 10.6 Å². The first-order chi connectivity index (χ1) is 16.2. The highest BCUT2D eigenvalue weighted by molar-refractivity contribution is 5.72. The first kappa shape index (κ1) is 21.2. The summed E-state index contributed by atoms with van der Waals surface area (Å²) >= 11 is 0. The van der Waals surface area contributed by atoms with Crippen molar-refractivity contribution < 1.29 is 27.1 Å². The fraction of sp³-hybridized carbons (Fsp3) is 0.524. The molecule has 0 saturated heterocycles. The molecule has 4 aliphatic carbocycles. The van der Waals surface area contributed by atoms with E-state index < -0.39 is 30.2 Å². The second-order valence-corrected chi connectivity index (χ2v) is 9.48. The Morgan fingerprint density at radius 1 is 1.24 bits per heavy atom. The Morgan fingerprint density at radius 2 is 2.03 bits per heavy atom. The van der Waals surface area contributed by atoms with Crippen molar-refractivity contribution in [3.63, 3.8) is 0 Å². The van der Waals surface area contributed by atoms with Crippen LogP contribution in [0.25, 0.3) is 5.52 Å². The zero-order valence-electron chi connectivity index (χ0n) is 17.8. The van der Waals surface area contributed by atoms with Gasteiger partial charge in [0.2, 0.25) is 0 Å². The van der Waals surface area contributed by atoms with Gasteiger partial charge in [0.05, 0.1) is 0 Å². The molecule has 3 heterocycles. The summed E-state index contributed by atoms with van der Waals surface area (Å²) in [5.41, 5.74) is -0.405. The lowest BCUT2D eigenvalue weighted by atomic mass is 9.50. The number of nitrogens with one attached hydrogen (secondary N) is 3. The van der Waals surface area contributed by atoms with Gasteiger partial charge in [-0.1, -0.05) is 0 Å². The standard InChI is InChI=1S/C21H21F4N7O2/c22-12-3-11(4-15(12)34-19(33)28-20-7-10(8-20)9-20)13-5-17(30-29-13)27-18-14-6-16(21(23,24)25)31-32(14)2-1-26-18/h1-2,5-6,10-12,15H,3-4,7-9H2,(H,28,33)(H2,26,27,29,30)/t10?,11-,12+,15-,20?/m0/s1. The second-order valence-electron chi connectivity index (χ2n) is 9.48. The Balaban J connectivity index is 1.12. The predicted octanol–water partition coefficient (Wildman–Crippen LogP) is 4.08. The molecule has 180 valence electrons. The topological polar surface area (TPSA) is 109 Å². The average Bonchev–Trinajstić information content (AvgIpc) is 3.43. The van der Waals surface area contributed by atoms with Gasteiger partial charge in [-0.15, -0.1) is 0 Å². The molecule has 1 amide bonds. The Labute approximate surface area is 190 Å². The molecule has 4 aliphatic rings. The fourth-order valence-electron chi connectivity index (χ4n) is 5.23. The molecule has 9 nitrogen and oxygen atoms in total. The number of carbonyl (C=O) groups excluding carboxylic acids is 1. The Hall–Kier alpha value is -3.38. The van der Waals surface area contributed by atoms with Crippen molar-refractivity contribution in [3.8, 4) is 0 Å². The fourth-order valence-corrected chi connectivity index (χ4v) is 5.23. The summed E-state index contributed by atoms with van der Waals surface area (Å²) in [5, 5.41) is 16.3. The van der Waals surface area contributed by atoms with E-state index in [0.717, 1.165) is 29.8 Å². The summed E-state index contributed by atoms with van der Waals surface area (Å²) in [6.45, 7) is 0. The third-order valence-corrected chi connectivity index (χ3v) is 7.06. The molecule has 0 aliphatic heterocycles. The van der Waals surface area contributed by atoms with Gasteiger partial charge in [-0.25, -0.2) is 18.7 Å². The summed E-state index contributed by atoms with van der Waals surface area (Å²) in [7, 11) is 0. The number of aromatic nitrogens is 5. The van der Waals surface area contributed by atoms with Crippen LogP contribution in [0.5, 0.6) is 0 Å². The predicted molar refractivity (Wildman–Crippen MR) is 110 cm³/mol. The molecule has 4 saturated carbocycles. The van der Waals surface area contributed by atoms with E-state index in [-0.39, 0.29) is 29.2 Å². The zero-order chi connectivity index (χ0) is 23.7. The monoisotopic (exact) mass is 479 g/mol. The highest BCUT2D eigenvalue weighted by Gasteiger charge is 2.58. The number of ether oxygens (including phenoxy) is 1. The molecule has 3 atom stereocenters. The van der Waals surface area contributed by atoms with E-state index in [9.17, 15) is 22.4 Å². The van der Waals surface area contributed by atoms with Crippen LogP contribution in [0.4, 0.5) is 34.0 Å². The van der Waals surface area contributed by atoms with Crippen LogP contribution in [-0.4, -0.2) is 48.7 Å². The van der Waals surface area contributed by atoms with Crippen LogP contribution in [0.1, 0.15) is 49.4 Å². The number of nitrogens with zero attached hydrogens (tertiary/aromatic N) is 4. The third-order valence-electron chi connectivity index (χ3n) is 7.06. The number of amides is 1. The molecule has 0 unspecified atom stereocenters. The van der Waals surface area contributed by atoms with Crippen molar-refractivity contribution in [2.75, 3.05) is 5.32 Å². The van der Waals surface area contributed by atoms with Crippen molar-refractivity contribution in [2.45, 2.75) is 62.0 Å². The molecule has 34 heavy (non-hydrogen) atoms. The minimum atomic E-state index is -4.58. The van der Waals surface area contributed by atoms with Gasteiger partial charge < -0.3 is 15.4 Å². The Kier molecular flexibility index (Phi) is 4.55. The molecule has 2 bridgehead atoms. The molecule has 0 radical (unpaired) electrons. The van der Waals surface area contributed by atoms with E-state index in [2.05, 4.69) is 30.9 Å². The Morgan fingerprint density at radius 3 is 2.74 bits per heavy atom. The van der Waals surface area contributed by atoms with Gasteiger partial charge in [0.15, 0.2) is 17.3 Å². The summed E-state index contributed by atoms with van der Waals surface area (Å²) in [6.07, 6.45) is -1.29. The number of hydrogen-bond acceptors (Lipinski definition) is 6. The van der Waals surface area contributed by atoms with Crippen LogP contribution in [0, 0.1) is 5.92 Å². The lowest BCUT2D eigenvalue weighted by Gasteiger charge is -2.61. The number of alkyl carbamates (subject to hydrolysis) is 1. The molecule has 0 aromatic carbocycles. The van der Waals surface area contributed by atoms with Crippen LogP contribution in [0.3, 0.4) is 0 Å². The van der Waals surface area contributed by atoms with E-state index in [1.807, 2.05) is 0 Å². The minimum Gasteiger partial charge on any atom is -0.443 e. The van der Waals surface area contributed by atoms with Crippen LogP contribution in [0.15, 0.2) is 24.5 Å². The van der Waals surface area contributed by atoms with E-state index >= 15 is 0 Å². The molecular formula is C21H21F4N7O2. The van der Waals surface area contributed by atoms with E-state index in [4.69, 9.17) is 4.74 Å². The molecular weight excluding hydrogens is 458 g/mol. The smallest absolute Gasteiger partial charge is 0.435 e. The van der Waals surface area contributed by atoms with Crippen molar-refractivity contribution in [2.24, 2.45) is 5.92 Å². The number of anilines is 2. The maximum Gasteiger partial charge on any atom is 0.435 e. The van der Waals surface area contributed by atoms with Gasteiger partial charge >= 0.3 is 12.3 Å². The average molecular weight is 479 g/mol. The first-order valence-electron chi connectivity index (χ1n) is 11.0. The van der Waals surface area contributed by atoms with E-state index in [1.54, 1.807) is 6.07 Å². The normalized spacial score (nSPS) is 30.0. The number of aromatic amines is 1. The van der Waals surface area contributed by atoms with Gasteiger partial charge in [-0.05, 0) is 38.0 Å². The number of H-pyrrole nitrogens is 1. The number of rotatable bonds is 5. The lowest BCUT2D eigenvalue weighted by molar-refractivity contribution is -0.141. The zero-order valence-corrected chi connectivity index (χ0v) is 17.8. The number of fused-ring (bicyclic) bond motifs is 1. The molecule has 13 heteroatoms. The number of halogens is 4. The lowest BCUT2D eigenvalue weighted by Crippen LogP contribution is -2.68. The van der Waals surface area contributed by atoms with Crippen LogP contribution >= 0.6 is 0 Å². The molecule has 0 spiro atoms. The maximum absolute atomic E-state index is 14.6. The van der Waals surface area contributed by atoms with Gasteiger partial charge in [0, 0.05) is 41.7 Å². The summed E-state index contributed by atoms with van der Waals surface area (Å²) in [6, 6.07) is 2.54. The van der Waals surface area contributed by atoms with Gasteiger partial charge in [0.1, 0.15) is 17.8 Å². The van der Waals surface area contributed by atoms with E-state index in [1.165, 1.54) is 12.4 Å². The van der Waals surface area contributed by atoms with E-state index in [0.29, 0.717) is 23.9 Å². The summed E-state index contributed by atoms with van der Waals surface area (Å²) in [5.74, 6) is 0.911. The molecule has 4 fully saturated rings.